The van der Waals surface area contributed by atoms with Gasteiger partial charge in [0.1, 0.15) is 0 Å². The molecule has 1 aromatic rings. The van der Waals surface area contributed by atoms with Crippen LogP contribution in [0.1, 0.15) is 26.3 Å². The quantitative estimate of drug-likeness (QED) is 0.634. The SMILES string of the molecule is CN=C(NCCS(=O)(=O)C(C)(C)C)NCc1ccc(Cl)cc1. The van der Waals surface area contributed by atoms with Crippen LogP contribution in [0.4, 0.5) is 0 Å². The third-order valence-electron chi connectivity index (χ3n) is 3.19. The van der Waals surface area contributed by atoms with Gasteiger partial charge in [0, 0.05) is 25.2 Å². The van der Waals surface area contributed by atoms with Crippen molar-refractivity contribution in [1.29, 1.82) is 0 Å². The van der Waals surface area contributed by atoms with Crippen LogP contribution in [-0.4, -0.2) is 38.5 Å². The minimum absolute atomic E-state index is 0.0676. The molecule has 5 nitrogen and oxygen atoms in total. The molecule has 0 atom stereocenters. The van der Waals surface area contributed by atoms with Gasteiger partial charge in [-0.25, -0.2) is 8.42 Å². The molecular weight excluding hydrogens is 322 g/mol. The number of benzene rings is 1. The molecule has 0 aliphatic heterocycles. The van der Waals surface area contributed by atoms with E-state index in [4.69, 9.17) is 11.6 Å². The van der Waals surface area contributed by atoms with Crippen molar-refractivity contribution in [3.05, 3.63) is 34.9 Å². The molecule has 1 aromatic carbocycles. The normalized spacial score (nSPS) is 13.0. The fourth-order valence-corrected chi connectivity index (χ4v) is 2.73. The minimum atomic E-state index is -3.13. The fourth-order valence-electron chi connectivity index (χ4n) is 1.62. The van der Waals surface area contributed by atoms with Gasteiger partial charge in [0.2, 0.25) is 0 Å². The van der Waals surface area contributed by atoms with Crippen LogP contribution >= 0.6 is 11.6 Å². The number of hydrogen-bond donors (Lipinski definition) is 2. The van der Waals surface area contributed by atoms with Gasteiger partial charge in [0.25, 0.3) is 0 Å². The van der Waals surface area contributed by atoms with E-state index in [1.54, 1.807) is 27.8 Å². The van der Waals surface area contributed by atoms with Crippen LogP contribution in [-0.2, 0) is 16.4 Å². The van der Waals surface area contributed by atoms with E-state index in [9.17, 15) is 8.42 Å². The molecule has 0 saturated heterocycles. The molecule has 2 N–H and O–H groups in total. The number of hydrogen-bond acceptors (Lipinski definition) is 3. The molecular formula is C15H24ClN3O2S. The molecule has 1 rings (SSSR count). The predicted molar refractivity (Wildman–Crippen MR) is 93.2 cm³/mol. The number of nitrogens with zero attached hydrogens (tertiary/aromatic N) is 1. The van der Waals surface area contributed by atoms with Gasteiger partial charge in [-0.05, 0) is 38.5 Å². The summed E-state index contributed by atoms with van der Waals surface area (Å²) in [5.74, 6) is 0.636. The van der Waals surface area contributed by atoms with Gasteiger partial charge in [0.05, 0.1) is 10.5 Å². The number of aliphatic imine (C=N–C) groups is 1. The second-order valence-electron chi connectivity index (χ2n) is 5.91. The Hall–Kier alpha value is -1.27. The first-order chi connectivity index (χ1) is 10.2. The fraction of sp³-hybridized carbons (Fsp3) is 0.533. The Morgan fingerprint density at radius 1 is 1.18 bits per heavy atom. The summed E-state index contributed by atoms with van der Waals surface area (Å²) < 4.78 is 23.3. The molecule has 0 saturated carbocycles. The zero-order valence-corrected chi connectivity index (χ0v) is 15.1. The lowest BCUT2D eigenvalue weighted by Crippen LogP contribution is -2.41. The molecule has 124 valence electrons. The van der Waals surface area contributed by atoms with Crippen molar-refractivity contribution in [2.24, 2.45) is 4.99 Å². The maximum Gasteiger partial charge on any atom is 0.191 e. The Morgan fingerprint density at radius 2 is 1.77 bits per heavy atom. The Morgan fingerprint density at radius 3 is 2.27 bits per heavy atom. The molecule has 0 bridgehead atoms. The maximum absolute atomic E-state index is 12.0. The van der Waals surface area contributed by atoms with Crippen molar-refractivity contribution in [2.75, 3.05) is 19.3 Å². The molecule has 0 spiro atoms. The summed E-state index contributed by atoms with van der Waals surface area (Å²) in [5.41, 5.74) is 1.06. The molecule has 0 unspecified atom stereocenters. The highest BCUT2D eigenvalue weighted by atomic mass is 35.5. The van der Waals surface area contributed by atoms with Crippen LogP contribution in [0, 0.1) is 0 Å². The van der Waals surface area contributed by atoms with Gasteiger partial charge in [-0.15, -0.1) is 0 Å². The van der Waals surface area contributed by atoms with E-state index in [1.807, 2.05) is 24.3 Å². The zero-order chi connectivity index (χ0) is 16.8. The second-order valence-corrected chi connectivity index (χ2v) is 9.21. The van der Waals surface area contributed by atoms with E-state index in [2.05, 4.69) is 15.6 Å². The second kappa shape index (κ2) is 7.83. The molecule has 0 amide bonds. The van der Waals surface area contributed by atoms with Crippen molar-refractivity contribution < 1.29 is 8.42 Å². The summed E-state index contributed by atoms with van der Waals surface area (Å²) in [4.78, 5) is 4.08. The topological polar surface area (TPSA) is 70.6 Å². The highest BCUT2D eigenvalue weighted by Gasteiger charge is 2.28. The average molecular weight is 346 g/mol. The predicted octanol–water partition coefficient (Wildman–Crippen LogP) is 2.22. The van der Waals surface area contributed by atoms with E-state index in [-0.39, 0.29) is 5.75 Å². The highest BCUT2D eigenvalue weighted by Crippen LogP contribution is 2.15. The Labute approximate surface area is 138 Å². The highest BCUT2D eigenvalue weighted by molar-refractivity contribution is 7.92. The molecule has 0 aromatic heterocycles. The molecule has 0 radical (unpaired) electrons. The van der Waals surface area contributed by atoms with Crippen molar-refractivity contribution in [2.45, 2.75) is 32.1 Å². The monoisotopic (exact) mass is 345 g/mol. The van der Waals surface area contributed by atoms with Gasteiger partial charge in [-0.3, -0.25) is 4.99 Å². The van der Waals surface area contributed by atoms with Gasteiger partial charge >= 0.3 is 0 Å². The maximum atomic E-state index is 12.0. The van der Waals surface area contributed by atoms with Crippen LogP contribution in [0.5, 0.6) is 0 Å². The summed E-state index contributed by atoms with van der Waals surface area (Å²) in [6, 6.07) is 7.49. The minimum Gasteiger partial charge on any atom is -0.355 e. The molecule has 0 aliphatic rings. The van der Waals surface area contributed by atoms with E-state index < -0.39 is 14.6 Å². The molecule has 0 fully saturated rings. The third-order valence-corrected chi connectivity index (χ3v) is 6.05. The van der Waals surface area contributed by atoms with E-state index in [0.717, 1.165) is 5.56 Å². The average Bonchev–Trinajstić information content (AvgIpc) is 2.43. The number of nitrogens with one attached hydrogen (secondary N) is 2. The van der Waals surface area contributed by atoms with Crippen LogP contribution < -0.4 is 10.6 Å². The van der Waals surface area contributed by atoms with Gasteiger partial charge in [-0.1, -0.05) is 23.7 Å². The largest absolute Gasteiger partial charge is 0.355 e. The summed E-state index contributed by atoms with van der Waals surface area (Å²) >= 11 is 5.84. The van der Waals surface area contributed by atoms with Crippen molar-refractivity contribution in [1.82, 2.24) is 10.6 Å². The zero-order valence-electron chi connectivity index (χ0n) is 13.5. The summed E-state index contributed by atoms with van der Waals surface area (Å²) in [5, 5.41) is 6.84. The molecule has 0 heterocycles. The molecule has 0 aliphatic carbocycles. The van der Waals surface area contributed by atoms with Crippen molar-refractivity contribution in [3.8, 4) is 0 Å². The first-order valence-electron chi connectivity index (χ1n) is 7.07. The Kier molecular flexibility index (Phi) is 6.68. The van der Waals surface area contributed by atoms with Crippen molar-refractivity contribution in [3.63, 3.8) is 0 Å². The standard InChI is InChI=1S/C15H24ClN3O2S/c1-15(2,3)22(20,21)10-9-18-14(17-4)19-11-12-5-7-13(16)8-6-12/h5-8H,9-11H2,1-4H3,(H2,17,18,19). The van der Waals surface area contributed by atoms with E-state index in [1.165, 1.54) is 0 Å². The first-order valence-corrected chi connectivity index (χ1v) is 9.10. The summed E-state index contributed by atoms with van der Waals surface area (Å²) in [7, 11) is -1.49. The lowest BCUT2D eigenvalue weighted by atomic mass is 10.2. The number of halogens is 1. The Balaban J connectivity index is 2.45. The van der Waals surface area contributed by atoms with Crippen LogP contribution in [0.15, 0.2) is 29.3 Å². The lowest BCUT2D eigenvalue weighted by Gasteiger charge is -2.19. The van der Waals surface area contributed by atoms with Crippen LogP contribution in [0.3, 0.4) is 0 Å². The molecule has 22 heavy (non-hydrogen) atoms. The number of guanidine groups is 1. The van der Waals surface area contributed by atoms with Crippen LogP contribution in [0.2, 0.25) is 5.02 Å². The van der Waals surface area contributed by atoms with Gasteiger partial charge < -0.3 is 10.6 Å². The summed E-state index contributed by atoms with van der Waals surface area (Å²) in [6.45, 7) is 6.02. The number of rotatable bonds is 5. The third kappa shape index (κ3) is 5.85. The summed E-state index contributed by atoms with van der Waals surface area (Å²) in [6.07, 6.45) is 0. The van der Waals surface area contributed by atoms with Gasteiger partial charge in [0.15, 0.2) is 15.8 Å². The number of sulfone groups is 1. The van der Waals surface area contributed by atoms with Crippen LogP contribution in [0.25, 0.3) is 0 Å². The van der Waals surface area contributed by atoms with E-state index in [0.29, 0.717) is 24.1 Å². The molecule has 7 heteroatoms. The lowest BCUT2D eigenvalue weighted by molar-refractivity contribution is 0.559. The smallest absolute Gasteiger partial charge is 0.191 e. The Bertz CT molecular complexity index is 605. The first kappa shape index (κ1) is 18.8. The van der Waals surface area contributed by atoms with Gasteiger partial charge in [-0.2, -0.15) is 0 Å². The van der Waals surface area contributed by atoms with E-state index >= 15 is 0 Å². The van der Waals surface area contributed by atoms with Crippen molar-refractivity contribution >= 4 is 27.4 Å².